The number of benzene rings is 2. The summed E-state index contributed by atoms with van der Waals surface area (Å²) >= 11 is 0. The number of hydrogen-bond acceptors (Lipinski definition) is 5. The third kappa shape index (κ3) is 4.18. The highest BCUT2D eigenvalue weighted by Gasteiger charge is 2.34. The summed E-state index contributed by atoms with van der Waals surface area (Å²) in [7, 11) is 0. The van der Waals surface area contributed by atoms with Crippen molar-refractivity contribution in [2.24, 2.45) is 0 Å². The maximum Gasteiger partial charge on any atom is 0.243 e. The van der Waals surface area contributed by atoms with Gasteiger partial charge in [0.25, 0.3) is 0 Å². The molecule has 2 amide bonds. The van der Waals surface area contributed by atoms with Crippen LogP contribution in [0.15, 0.2) is 59.1 Å². The van der Waals surface area contributed by atoms with Crippen LogP contribution in [0.2, 0.25) is 0 Å². The summed E-state index contributed by atoms with van der Waals surface area (Å²) < 4.78 is 5.36. The molecule has 3 aromatic rings. The SMILES string of the molecule is Cc1ccccc1CC(=O)N1CCNC(=O)C1Cc1nc(-c2ccccc2)no1. The molecular weight excluding hydrogens is 368 g/mol. The number of nitrogens with zero attached hydrogens (tertiary/aromatic N) is 3. The van der Waals surface area contributed by atoms with E-state index in [9.17, 15) is 9.59 Å². The minimum Gasteiger partial charge on any atom is -0.353 e. The molecule has 1 atom stereocenters. The van der Waals surface area contributed by atoms with E-state index in [0.29, 0.717) is 24.8 Å². The lowest BCUT2D eigenvalue weighted by Gasteiger charge is -2.34. The molecule has 1 aliphatic rings. The fraction of sp³-hybridized carbons (Fsp3) is 0.273. The van der Waals surface area contributed by atoms with E-state index in [2.05, 4.69) is 15.5 Å². The molecule has 148 valence electrons. The number of aromatic nitrogens is 2. The Bertz CT molecular complexity index is 1020. The van der Waals surface area contributed by atoms with Gasteiger partial charge in [-0.25, -0.2) is 0 Å². The summed E-state index contributed by atoms with van der Waals surface area (Å²) in [4.78, 5) is 31.5. The lowest BCUT2D eigenvalue weighted by atomic mass is 10.0. The van der Waals surface area contributed by atoms with Gasteiger partial charge < -0.3 is 14.7 Å². The molecule has 1 saturated heterocycles. The second-order valence-corrected chi connectivity index (χ2v) is 7.08. The van der Waals surface area contributed by atoms with Gasteiger partial charge in [-0.05, 0) is 18.1 Å². The van der Waals surface area contributed by atoms with Gasteiger partial charge in [0, 0.05) is 18.7 Å². The van der Waals surface area contributed by atoms with E-state index in [1.807, 2.05) is 61.5 Å². The maximum absolute atomic E-state index is 13.0. The van der Waals surface area contributed by atoms with Gasteiger partial charge >= 0.3 is 0 Å². The Morgan fingerprint density at radius 2 is 1.93 bits per heavy atom. The molecule has 1 fully saturated rings. The predicted octanol–water partition coefficient (Wildman–Crippen LogP) is 2.16. The van der Waals surface area contributed by atoms with Gasteiger partial charge in [-0.15, -0.1) is 0 Å². The molecule has 0 radical (unpaired) electrons. The monoisotopic (exact) mass is 390 g/mol. The van der Waals surface area contributed by atoms with Crippen molar-refractivity contribution in [3.63, 3.8) is 0 Å². The molecule has 0 aliphatic carbocycles. The van der Waals surface area contributed by atoms with Crippen molar-refractivity contribution in [2.45, 2.75) is 25.8 Å². The van der Waals surface area contributed by atoms with Crippen molar-refractivity contribution in [1.82, 2.24) is 20.4 Å². The predicted molar refractivity (Wildman–Crippen MR) is 107 cm³/mol. The van der Waals surface area contributed by atoms with Crippen LogP contribution in [0.3, 0.4) is 0 Å². The van der Waals surface area contributed by atoms with E-state index in [1.165, 1.54) is 0 Å². The Labute approximate surface area is 168 Å². The fourth-order valence-corrected chi connectivity index (χ4v) is 3.50. The third-order valence-corrected chi connectivity index (χ3v) is 5.12. The molecule has 4 rings (SSSR count). The second kappa shape index (κ2) is 8.26. The quantitative estimate of drug-likeness (QED) is 0.721. The first kappa shape index (κ1) is 18.9. The largest absolute Gasteiger partial charge is 0.353 e. The van der Waals surface area contributed by atoms with E-state index in [0.717, 1.165) is 16.7 Å². The Hall–Kier alpha value is -3.48. The highest BCUT2D eigenvalue weighted by atomic mass is 16.5. The van der Waals surface area contributed by atoms with Crippen LogP contribution in [-0.2, 0) is 22.4 Å². The molecule has 0 spiro atoms. The Morgan fingerprint density at radius 3 is 2.72 bits per heavy atom. The zero-order valence-corrected chi connectivity index (χ0v) is 16.2. The molecule has 7 nitrogen and oxygen atoms in total. The average Bonchev–Trinajstić information content (AvgIpc) is 3.20. The fourth-order valence-electron chi connectivity index (χ4n) is 3.50. The van der Waals surface area contributed by atoms with Crippen LogP contribution in [-0.4, -0.2) is 46.0 Å². The molecule has 1 N–H and O–H groups in total. The lowest BCUT2D eigenvalue weighted by Crippen LogP contribution is -2.58. The number of amides is 2. The van der Waals surface area contributed by atoms with Crippen molar-refractivity contribution < 1.29 is 14.1 Å². The molecule has 7 heteroatoms. The Morgan fingerprint density at radius 1 is 1.17 bits per heavy atom. The van der Waals surface area contributed by atoms with Crippen molar-refractivity contribution >= 4 is 11.8 Å². The number of carbonyl (C=O) groups excluding carboxylic acids is 2. The van der Waals surface area contributed by atoms with Crippen molar-refractivity contribution in [3.05, 3.63) is 71.6 Å². The molecule has 0 saturated carbocycles. The van der Waals surface area contributed by atoms with Crippen LogP contribution >= 0.6 is 0 Å². The van der Waals surface area contributed by atoms with Gasteiger partial charge in [-0.1, -0.05) is 59.8 Å². The van der Waals surface area contributed by atoms with Crippen molar-refractivity contribution in [2.75, 3.05) is 13.1 Å². The zero-order valence-electron chi connectivity index (χ0n) is 16.2. The molecular formula is C22H22N4O3. The first-order valence-electron chi connectivity index (χ1n) is 9.61. The number of nitrogens with one attached hydrogen (secondary N) is 1. The van der Waals surface area contributed by atoms with Gasteiger partial charge in [0.2, 0.25) is 23.5 Å². The summed E-state index contributed by atoms with van der Waals surface area (Å²) in [6.07, 6.45) is 0.445. The van der Waals surface area contributed by atoms with Gasteiger partial charge in [-0.3, -0.25) is 9.59 Å². The van der Waals surface area contributed by atoms with Crippen molar-refractivity contribution in [1.29, 1.82) is 0 Å². The third-order valence-electron chi connectivity index (χ3n) is 5.12. The average molecular weight is 390 g/mol. The highest BCUT2D eigenvalue weighted by Crippen LogP contribution is 2.18. The minimum absolute atomic E-state index is 0.0815. The van der Waals surface area contributed by atoms with Crippen LogP contribution < -0.4 is 5.32 Å². The van der Waals surface area contributed by atoms with Crippen LogP contribution in [0, 0.1) is 6.92 Å². The van der Waals surface area contributed by atoms with Gasteiger partial charge in [0.1, 0.15) is 6.04 Å². The number of hydrogen-bond donors (Lipinski definition) is 1. The Balaban J connectivity index is 1.51. The standard InChI is InChI=1S/C22H22N4O3/c1-15-7-5-6-10-17(15)13-20(27)26-12-11-23-22(28)18(26)14-19-24-21(25-29-19)16-8-3-2-4-9-16/h2-10,18H,11-14H2,1H3,(H,23,28). The number of aryl methyl sites for hydroxylation is 1. The first-order valence-corrected chi connectivity index (χ1v) is 9.61. The molecule has 1 aliphatic heterocycles. The zero-order chi connectivity index (χ0) is 20.2. The number of carbonyl (C=O) groups is 2. The van der Waals surface area contributed by atoms with Crippen LogP contribution in [0.4, 0.5) is 0 Å². The van der Waals surface area contributed by atoms with E-state index in [-0.39, 0.29) is 24.7 Å². The van der Waals surface area contributed by atoms with E-state index < -0.39 is 6.04 Å². The topological polar surface area (TPSA) is 88.3 Å². The molecule has 2 heterocycles. The van der Waals surface area contributed by atoms with Crippen LogP contribution in [0.5, 0.6) is 0 Å². The molecule has 1 unspecified atom stereocenters. The summed E-state index contributed by atoms with van der Waals surface area (Å²) in [5.41, 5.74) is 2.86. The van der Waals surface area contributed by atoms with E-state index >= 15 is 0 Å². The van der Waals surface area contributed by atoms with Gasteiger partial charge in [-0.2, -0.15) is 4.98 Å². The maximum atomic E-state index is 13.0. The summed E-state index contributed by atoms with van der Waals surface area (Å²) in [6.45, 7) is 2.88. The normalized spacial score (nSPS) is 16.5. The Kier molecular flexibility index (Phi) is 5.37. The van der Waals surface area contributed by atoms with Crippen LogP contribution in [0.25, 0.3) is 11.4 Å². The summed E-state index contributed by atoms with van der Waals surface area (Å²) in [6, 6.07) is 16.6. The van der Waals surface area contributed by atoms with Crippen LogP contribution in [0.1, 0.15) is 17.0 Å². The van der Waals surface area contributed by atoms with Crippen molar-refractivity contribution in [3.8, 4) is 11.4 Å². The van der Waals surface area contributed by atoms with E-state index in [1.54, 1.807) is 4.90 Å². The number of rotatable bonds is 5. The highest BCUT2D eigenvalue weighted by molar-refractivity contribution is 5.89. The summed E-state index contributed by atoms with van der Waals surface area (Å²) in [5.74, 6) is 0.519. The van der Waals surface area contributed by atoms with E-state index in [4.69, 9.17) is 4.52 Å². The second-order valence-electron chi connectivity index (χ2n) is 7.08. The lowest BCUT2D eigenvalue weighted by molar-refractivity contribution is -0.142. The smallest absolute Gasteiger partial charge is 0.243 e. The molecule has 0 bridgehead atoms. The first-order chi connectivity index (χ1) is 14.1. The van der Waals surface area contributed by atoms with Gasteiger partial charge in [0.15, 0.2) is 0 Å². The molecule has 1 aromatic heterocycles. The number of piperazine rings is 1. The molecule has 29 heavy (non-hydrogen) atoms. The molecule has 2 aromatic carbocycles. The van der Waals surface area contributed by atoms with Gasteiger partial charge in [0.05, 0.1) is 12.8 Å². The minimum atomic E-state index is -0.663. The summed E-state index contributed by atoms with van der Waals surface area (Å²) in [5, 5.41) is 6.83.